The van der Waals surface area contributed by atoms with Crippen LogP contribution in [0.25, 0.3) is 0 Å². The predicted molar refractivity (Wildman–Crippen MR) is 76.3 cm³/mol. The zero-order chi connectivity index (χ0) is 12.5. The van der Waals surface area contributed by atoms with Gasteiger partial charge in [0.15, 0.2) is 0 Å². The minimum atomic E-state index is 1.11. The Labute approximate surface area is 107 Å². The van der Waals surface area contributed by atoms with Crippen LogP contribution in [0.2, 0.25) is 0 Å². The van der Waals surface area contributed by atoms with Gasteiger partial charge in [-0.15, -0.1) is 0 Å². The first-order chi connectivity index (χ1) is 8.26. The molecule has 0 heterocycles. The molecule has 1 heteroatoms. The van der Waals surface area contributed by atoms with Gasteiger partial charge in [-0.05, 0) is 38.4 Å². The number of nitrogens with zero attached hydrogens (tertiary/aromatic N) is 1. The summed E-state index contributed by atoms with van der Waals surface area (Å²) in [6.07, 6.45) is 5.21. The van der Waals surface area contributed by atoms with E-state index >= 15 is 0 Å². The maximum Gasteiger partial charge on any atom is 0.0233 e. The molecule has 0 amide bonds. The van der Waals surface area contributed by atoms with E-state index in [0.717, 1.165) is 6.54 Å². The Hall–Kier alpha value is -0.820. The van der Waals surface area contributed by atoms with Gasteiger partial charge < -0.3 is 0 Å². The molecule has 0 saturated heterocycles. The summed E-state index contributed by atoms with van der Waals surface area (Å²) < 4.78 is 0. The van der Waals surface area contributed by atoms with E-state index in [4.69, 9.17) is 0 Å². The zero-order valence-electron chi connectivity index (χ0n) is 11.7. The van der Waals surface area contributed by atoms with Crippen molar-refractivity contribution in [2.45, 2.75) is 53.0 Å². The van der Waals surface area contributed by atoms with E-state index in [2.05, 4.69) is 49.9 Å². The van der Waals surface area contributed by atoms with Crippen LogP contribution in [-0.4, -0.2) is 18.0 Å². The van der Waals surface area contributed by atoms with E-state index in [-0.39, 0.29) is 0 Å². The molecule has 0 aromatic heterocycles. The van der Waals surface area contributed by atoms with Crippen molar-refractivity contribution in [3.05, 3.63) is 35.4 Å². The van der Waals surface area contributed by atoms with Gasteiger partial charge >= 0.3 is 0 Å². The molecule has 1 aromatic carbocycles. The summed E-state index contributed by atoms with van der Waals surface area (Å²) in [5.41, 5.74) is 2.80. The van der Waals surface area contributed by atoms with Crippen molar-refractivity contribution in [3.8, 4) is 0 Å². The topological polar surface area (TPSA) is 3.24 Å². The van der Waals surface area contributed by atoms with Crippen LogP contribution in [-0.2, 0) is 6.54 Å². The fourth-order valence-corrected chi connectivity index (χ4v) is 1.99. The molecule has 0 aliphatic carbocycles. The van der Waals surface area contributed by atoms with Crippen molar-refractivity contribution in [2.75, 3.05) is 13.1 Å². The van der Waals surface area contributed by atoms with E-state index in [1.807, 2.05) is 0 Å². The lowest BCUT2D eigenvalue weighted by Gasteiger charge is -2.22. The first kappa shape index (κ1) is 14.2. The Morgan fingerprint density at radius 3 is 1.88 bits per heavy atom. The SMILES string of the molecule is CCCCN(CCCC)Cc1ccc(C)cc1. The fraction of sp³-hybridized carbons (Fsp3) is 0.625. The third kappa shape index (κ3) is 5.88. The average Bonchev–Trinajstić information content (AvgIpc) is 2.35. The van der Waals surface area contributed by atoms with Gasteiger partial charge in [0.05, 0.1) is 0 Å². The summed E-state index contributed by atoms with van der Waals surface area (Å²) in [5, 5.41) is 0. The fourth-order valence-electron chi connectivity index (χ4n) is 1.99. The maximum atomic E-state index is 2.59. The minimum absolute atomic E-state index is 1.11. The van der Waals surface area contributed by atoms with E-state index in [0.29, 0.717) is 0 Å². The second-order valence-electron chi connectivity index (χ2n) is 4.97. The Bertz CT molecular complexity index is 281. The highest BCUT2D eigenvalue weighted by Gasteiger charge is 2.04. The summed E-state index contributed by atoms with van der Waals surface area (Å²) in [6, 6.07) is 8.96. The Balaban J connectivity index is 2.48. The number of rotatable bonds is 8. The summed E-state index contributed by atoms with van der Waals surface area (Å²) in [7, 11) is 0. The lowest BCUT2D eigenvalue weighted by Crippen LogP contribution is -2.25. The molecular weight excluding hydrogens is 206 g/mol. The van der Waals surface area contributed by atoms with Crippen LogP contribution in [0.3, 0.4) is 0 Å². The van der Waals surface area contributed by atoms with E-state index in [1.165, 1.54) is 49.9 Å². The second kappa shape index (κ2) is 8.30. The maximum absolute atomic E-state index is 2.59. The predicted octanol–water partition coefficient (Wildman–Crippen LogP) is 4.40. The normalized spacial score (nSPS) is 11.1. The van der Waals surface area contributed by atoms with Gasteiger partial charge in [0.2, 0.25) is 0 Å². The molecule has 0 unspecified atom stereocenters. The minimum Gasteiger partial charge on any atom is -0.299 e. The summed E-state index contributed by atoms with van der Waals surface area (Å²) in [4.78, 5) is 2.59. The van der Waals surface area contributed by atoms with Gasteiger partial charge in [0.25, 0.3) is 0 Å². The quantitative estimate of drug-likeness (QED) is 0.643. The van der Waals surface area contributed by atoms with E-state index < -0.39 is 0 Å². The van der Waals surface area contributed by atoms with Crippen LogP contribution in [0.1, 0.15) is 50.7 Å². The molecule has 1 nitrogen and oxygen atoms in total. The van der Waals surface area contributed by atoms with E-state index in [9.17, 15) is 0 Å². The molecule has 0 N–H and O–H groups in total. The first-order valence-electron chi connectivity index (χ1n) is 7.04. The third-order valence-electron chi connectivity index (χ3n) is 3.18. The second-order valence-corrected chi connectivity index (χ2v) is 4.97. The molecule has 1 rings (SSSR count). The summed E-state index contributed by atoms with van der Waals surface area (Å²) in [6.45, 7) is 10.3. The van der Waals surface area contributed by atoms with Gasteiger partial charge in [-0.3, -0.25) is 4.90 Å². The smallest absolute Gasteiger partial charge is 0.0233 e. The van der Waals surface area contributed by atoms with Gasteiger partial charge in [0, 0.05) is 6.54 Å². The van der Waals surface area contributed by atoms with Crippen molar-refractivity contribution in [1.29, 1.82) is 0 Å². The molecule has 0 saturated carbocycles. The largest absolute Gasteiger partial charge is 0.299 e. The highest BCUT2D eigenvalue weighted by molar-refractivity contribution is 5.21. The number of unbranched alkanes of at least 4 members (excludes halogenated alkanes) is 2. The number of hydrogen-bond donors (Lipinski definition) is 0. The monoisotopic (exact) mass is 233 g/mol. The van der Waals surface area contributed by atoms with Gasteiger partial charge in [-0.1, -0.05) is 56.5 Å². The van der Waals surface area contributed by atoms with Crippen molar-refractivity contribution in [2.24, 2.45) is 0 Å². The Morgan fingerprint density at radius 1 is 0.882 bits per heavy atom. The third-order valence-corrected chi connectivity index (χ3v) is 3.18. The van der Waals surface area contributed by atoms with Crippen LogP contribution in [0.4, 0.5) is 0 Å². The van der Waals surface area contributed by atoms with Crippen LogP contribution < -0.4 is 0 Å². The van der Waals surface area contributed by atoms with Crippen molar-refractivity contribution < 1.29 is 0 Å². The molecule has 0 atom stereocenters. The van der Waals surface area contributed by atoms with Gasteiger partial charge in [-0.25, -0.2) is 0 Å². The lowest BCUT2D eigenvalue weighted by atomic mass is 10.1. The number of aryl methyl sites for hydroxylation is 1. The number of hydrogen-bond acceptors (Lipinski definition) is 1. The molecule has 96 valence electrons. The van der Waals surface area contributed by atoms with Crippen LogP contribution >= 0.6 is 0 Å². The molecule has 1 aromatic rings. The standard InChI is InChI=1S/C16H27N/c1-4-6-12-17(13-7-5-2)14-16-10-8-15(3)9-11-16/h8-11H,4-7,12-14H2,1-3H3. The van der Waals surface area contributed by atoms with Crippen LogP contribution in [0.5, 0.6) is 0 Å². The number of benzene rings is 1. The highest BCUT2D eigenvalue weighted by Crippen LogP contribution is 2.09. The molecule has 0 aliphatic heterocycles. The summed E-state index contributed by atoms with van der Waals surface area (Å²) >= 11 is 0. The molecule has 17 heavy (non-hydrogen) atoms. The Morgan fingerprint density at radius 2 is 1.41 bits per heavy atom. The molecule has 0 fully saturated rings. The molecule has 0 radical (unpaired) electrons. The zero-order valence-corrected chi connectivity index (χ0v) is 11.7. The van der Waals surface area contributed by atoms with Gasteiger partial charge in [-0.2, -0.15) is 0 Å². The van der Waals surface area contributed by atoms with Crippen molar-refractivity contribution >= 4 is 0 Å². The average molecular weight is 233 g/mol. The lowest BCUT2D eigenvalue weighted by molar-refractivity contribution is 0.257. The summed E-state index contributed by atoms with van der Waals surface area (Å²) in [5.74, 6) is 0. The molecule has 0 spiro atoms. The molecule has 0 bridgehead atoms. The first-order valence-corrected chi connectivity index (χ1v) is 7.04. The van der Waals surface area contributed by atoms with Crippen LogP contribution in [0, 0.1) is 6.92 Å². The van der Waals surface area contributed by atoms with Crippen molar-refractivity contribution in [1.82, 2.24) is 4.90 Å². The Kier molecular flexibility index (Phi) is 6.95. The van der Waals surface area contributed by atoms with Crippen molar-refractivity contribution in [3.63, 3.8) is 0 Å². The molecule has 0 aliphatic rings. The van der Waals surface area contributed by atoms with Crippen LogP contribution in [0.15, 0.2) is 24.3 Å². The van der Waals surface area contributed by atoms with Gasteiger partial charge in [0.1, 0.15) is 0 Å². The molecular formula is C16H27N. The highest BCUT2D eigenvalue weighted by atomic mass is 15.1. The van der Waals surface area contributed by atoms with E-state index in [1.54, 1.807) is 0 Å².